The number of aromatic nitrogens is 1. The van der Waals surface area contributed by atoms with Crippen LogP contribution < -0.4 is 10.5 Å². The van der Waals surface area contributed by atoms with Crippen LogP contribution >= 0.6 is 0 Å². The second-order valence-electron chi connectivity index (χ2n) is 3.59. The first-order valence-corrected chi connectivity index (χ1v) is 5.22. The van der Waals surface area contributed by atoms with Crippen LogP contribution in [0.3, 0.4) is 0 Å². The number of anilines is 1. The van der Waals surface area contributed by atoms with E-state index in [0.717, 1.165) is 0 Å². The lowest BCUT2D eigenvalue weighted by Crippen LogP contribution is -2.02. The van der Waals surface area contributed by atoms with Crippen LogP contribution in [0.25, 0.3) is 0 Å². The van der Waals surface area contributed by atoms with Gasteiger partial charge < -0.3 is 10.5 Å². The van der Waals surface area contributed by atoms with Crippen LogP contribution in [0.2, 0.25) is 0 Å². The summed E-state index contributed by atoms with van der Waals surface area (Å²) >= 11 is 0. The molecule has 0 amide bonds. The first-order chi connectivity index (χ1) is 8.70. The zero-order chi connectivity index (χ0) is 13.0. The van der Waals surface area contributed by atoms with Gasteiger partial charge in [-0.2, -0.15) is 5.26 Å². The number of halogens is 1. The second-order valence-corrected chi connectivity index (χ2v) is 3.59. The molecule has 18 heavy (non-hydrogen) atoms. The average molecular weight is 243 g/mol. The van der Waals surface area contributed by atoms with E-state index in [-0.39, 0.29) is 12.4 Å². The molecule has 0 spiro atoms. The van der Waals surface area contributed by atoms with Gasteiger partial charge in [0.05, 0.1) is 11.6 Å². The third-order valence-electron chi connectivity index (χ3n) is 2.36. The van der Waals surface area contributed by atoms with Gasteiger partial charge in [0.25, 0.3) is 0 Å². The molecule has 0 radical (unpaired) electrons. The number of nitrogen functional groups attached to an aromatic ring is 1. The Morgan fingerprint density at radius 1 is 1.39 bits per heavy atom. The fraction of sp³-hybridized carbons (Fsp3) is 0.0769. The summed E-state index contributed by atoms with van der Waals surface area (Å²) in [6.45, 7) is -0.00273. The van der Waals surface area contributed by atoms with E-state index >= 15 is 0 Å². The molecule has 0 saturated carbocycles. The number of pyridine rings is 1. The van der Waals surface area contributed by atoms with Crippen molar-refractivity contribution in [1.82, 2.24) is 4.98 Å². The normalized spacial score (nSPS) is 9.78. The molecule has 4 nitrogen and oxygen atoms in total. The van der Waals surface area contributed by atoms with Gasteiger partial charge in [0.15, 0.2) is 11.6 Å². The fourth-order valence-corrected chi connectivity index (χ4v) is 1.44. The summed E-state index contributed by atoms with van der Waals surface area (Å²) in [6, 6.07) is 9.37. The molecule has 0 saturated heterocycles. The quantitative estimate of drug-likeness (QED) is 0.897. The molecule has 1 aromatic carbocycles. The Kier molecular flexibility index (Phi) is 3.39. The molecular weight excluding hydrogens is 233 g/mol. The van der Waals surface area contributed by atoms with Crippen molar-refractivity contribution >= 4 is 5.82 Å². The minimum Gasteiger partial charge on any atom is -0.485 e. The van der Waals surface area contributed by atoms with Crippen molar-refractivity contribution in [1.29, 1.82) is 5.26 Å². The van der Waals surface area contributed by atoms with Crippen LogP contribution in [0, 0.1) is 17.1 Å². The van der Waals surface area contributed by atoms with Gasteiger partial charge in [-0.05, 0) is 30.3 Å². The monoisotopic (exact) mass is 243 g/mol. The molecule has 2 rings (SSSR count). The zero-order valence-electron chi connectivity index (χ0n) is 9.43. The molecule has 0 fully saturated rings. The maximum atomic E-state index is 13.5. The maximum Gasteiger partial charge on any atom is 0.166 e. The summed E-state index contributed by atoms with van der Waals surface area (Å²) in [5, 5.41) is 8.74. The Morgan fingerprint density at radius 2 is 2.22 bits per heavy atom. The van der Waals surface area contributed by atoms with Crippen LogP contribution in [0.1, 0.15) is 11.1 Å². The molecule has 0 aliphatic rings. The highest BCUT2D eigenvalue weighted by Crippen LogP contribution is 2.19. The molecule has 90 valence electrons. The van der Waals surface area contributed by atoms with Crippen molar-refractivity contribution in [2.45, 2.75) is 6.61 Å². The van der Waals surface area contributed by atoms with E-state index in [1.54, 1.807) is 18.3 Å². The van der Waals surface area contributed by atoms with Gasteiger partial charge >= 0.3 is 0 Å². The molecule has 0 atom stereocenters. The van der Waals surface area contributed by atoms with Crippen LogP contribution in [0.5, 0.6) is 5.75 Å². The minimum absolute atomic E-state index is 0.00273. The summed E-state index contributed by atoms with van der Waals surface area (Å²) in [4.78, 5) is 3.85. The van der Waals surface area contributed by atoms with Gasteiger partial charge in [0.1, 0.15) is 12.4 Å². The Labute approximate surface area is 103 Å². The first kappa shape index (κ1) is 11.9. The Morgan fingerprint density at radius 3 is 2.94 bits per heavy atom. The molecule has 1 aromatic heterocycles. The predicted octanol–water partition coefficient (Wildman–Crippen LogP) is 2.25. The molecule has 0 bridgehead atoms. The first-order valence-electron chi connectivity index (χ1n) is 5.22. The number of nitrogens with two attached hydrogens (primary N) is 1. The highest BCUT2D eigenvalue weighted by molar-refractivity contribution is 5.45. The van der Waals surface area contributed by atoms with Crippen molar-refractivity contribution in [2.24, 2.45) is 0 Å². The van der Waals surface area contributed by atoms with E-state index in [1.807, 2.05) is 6.07 Å². The smallest absolute Gasteiger partial charge is 0.166 e. The van der Waals surface area contributed by atoms with E-state index < -0.39 is 5.82 Å². The van der Waals surface area contributed by atoms with Gasteiger partial charge in [-0.3, -0.25) is 0 Å². The highest BCUT2D eigenvalue weighted by Gasteiger charge is 2.06. The van der Waals surface area contributed by atoms with Crippen molar-refractivity contribution in [3.05, 3.63) is 53.5 Å². The fourth-order valence-electron chi connectivity index (χ4n) is 1.44. The lowest BCUT2D eigenvalue weighted by Gasteiger charge is -2.08. The summed E-state index contributed by atoms with van der Waals surface area (Å²) < 4.78 is 18.8. The van der Waals surface area contributed by atoms with Gasteiger partial charge in [0.2, 0.25) is 0 Å². The van der Waals surface area contributed by atoms with Crippen molar-refractivity contribution < 1.29 is 9.13 Å². The number of rotatable bonds is 3. The van der Waals surface area contributed by atoms with E-state index in [0.29, 0.717) is 16.9 Å². The minimum atomic E-state index is -0.420. The summed E-state index contributed by atoms with van der Waals surface area (Å²) in [5.74, 6) is 0.213. The summed E-state index contributed by atoms with van der Waals surface area (Å²) in [6.07, 6.45) is 1.54. The predicted molar refractivity (Wildman–Crippen MR) is 64.1 cm³/mol. The lowest BCUT2D eigenvalue weighted by atomic mass is 10.1. The maximum absolute atomic E-state index is 13.5. The highest BCUT2D eigenvalue weighted by atomic mass is 19.1. The SMILES string of the molecule is N#Cc1ccc(F)c(COc2cccnc2N)c1. The van der Waals surface area contributed by atoms with Crippen molar-refractivity contribution in [2.75, 3.05) is 5.73 Å². The summed E-state index contributed by atoms with van der Waals surface area (Å²) in [5.41, 5.74) is 6.28. The van der Waals surface area contributed by atoms with E-state index in [1.165, 1.54) is 18.2 Å². The number of hydrogen-bond acceptors (Lipinski definition) is 4. The molecule has 5 heteroatoms. The number of benzene rings is 1. The Hall–Kier alpha value is -2.61. The summed E-state index contributed by atoms with van der Waals surface area (Å²) in [7, 11) is 0. The van der Waals surface area contributed by atoms with Gasteiger partial charge in [-0.1, -0.05) is 0 Å². The molecule has 2 aromatic rings. The average Bonchev–Trinajstić information content (AvgIpc) is 2.39. The lowest BCUT2D eigenvalue weighted by molar-refractivity contribution is 0.300. The second kappa shape index (κ2) is 5.15. The van der Waals surface area contributed by atoms with Gasteiger partial charge in [-0.15, -0.1) is 0 Å². The zero-order valence-corrected chi connectivity index (χ0v) is 9.43. The van der Waals surface area contributed by atoms with E-state index in [4.69, 9.17) is 15.7 Å². The molecule has 0 aliphatic heterocycles. The number of hydrogen-bond donors (Lipinski definition) is 1. The van der Waals surface area contributed by atoms with Crippen molar-refractivity contribution in [3.63, 3.8) is 0 Å². The van der Waals surface area contributed by atoms with Gasteiger partial charge in [0, 0.05) is 11.8 Å². The van der Waals surface area contributed by atoms with Gasteiger partial charge in [-0.25, -0.2) is 9.37 Å². The third kappa shape index (κ3) is 2.55. The molecular formula is C13H10FN3O. The topological polar surface area (TPSA) is 71.9 Å². The Balaban J connectivity index is 2.16. The molecule has 0 unspecified atom stereocenters. The van der Waals surface area contributed by atoms with Crippen LogP contribution in [-0.2, 0) is 6.61 Å². The third-order valence-corrected chi connectivity index (χ3v) is 2.36. The van der Waals surface area contributed by atoms with E-state index in [9.17, 15) is 4.39 Å². The van der Waals surface area contributed by atoms with E-state index in [2.05, 4.69) is 4.98 Å². The standard InChI is InChI=1S/C13H10FN3O/c14-11-4-3-9(7-15)6-10(11)8-18-12-2-1-5-17-13(12)16/h1-6H,8H2,(H2,16,17). The number of ether oxygens (including phenoxy) is 1. The molecule has 2 N–H and O–H groups in total. The Bertz CT molecular complexity index is 607. The van der Waals surface area contributed by atoms with Crippen LogP contribution in [0.4, 0.5) is 10.2 Å². The van der Waals surface area contributed by atoms with Crippen LogP contribution in [-0.4, -0.2) is 4.98 Å². The number of nitriles is 1. The number of nitrogens with zero attached hydrogens (tertiary/aromatic N) is 2. The van der Waals surface area contributed by atoms with Crippen LogP contribution in [0.15, 0.2) is 36.5 Å². The molecule has 0 aliphatic carbocycles. The molecule has 1 heterocycles. The van der Waals surface area contributed by atoms with Crippen molar-refractivity contribution in [3.8, 4) is 11.8 Å². The largest absolute Gasteiger partial charge is 0.485 e.